The lowest BCUT2D eigenvalue weighted by molar-refractivity contribution is -0.135. The summed E-state index contributed by atoms with van der Waals surface area (Å²) in [7, 11) is 1.82. The number of hydrogen-bond acceptors (Lipinski definition) is 6. The van der Waals surface area contributed by atoms with Crippen LogP contribution in [0.25, 0.3) is 11.0 Å². The van der Waals surface area contributed by atoms with Gasteiger partial charge in [0.2, 0.25) is 11.8 Å². The Kier molecular flexibility index (Phi) is 6.83. The summed E-state index contributed by atoms with van der Waals surface area (Å²) in [5.74, 6) is 0.301. The molecule has 1 saturated heterocycles. The summed E-state index contributed by atoms with van der Waals surface area (Å²) in [6.07, 6.45) is 0. The quantitative estimate of drug-likeness (QED) is 0.602. The molecule has 1 fully saturated rings. The van der Waals surface area contributed by atoms with Crippen LogP contribution in [0.2, 0.25) is 0 Å². The van der Waals surface area contributed by atoms with Gasteiger partial charge in [0, 0.05) is 44.6 Å². The van der Waals surface area contributed by atoms with Crippen LogP contribution in [-0.2, 0) is 16.6 Å². The molecular weight excluding hydrogens is 432 g/mol. The Hall–Kier alpha value is -3.46. The summed E-state index contributed by atoms with van der Waals surface area (Å²) < 4.78 is 7.49. The Morgan fingerprint density at radius 2 is 1.71 bits per heavy atom. The van der Waals surface area contributed by atoms with Gasteiger partial charge in [-0.05, 0) is 50.5 Å². The molecule has 0 aliphatic carbocycles. The first-order valence-corrected chi connectivity index (χ1v) is 11.5. The molecule has 1 aromatic carbocycles. The van der Waals surface area contributed by atoms with E-state index in [1.807, 2.05) is 59.0 Å². The minimum atomic E-state index is -0.0869. The van der Waals surface area contributed by atoms with Crippen molar-refractivity contribution in [3.8, 4) is 5.88 Å². The molecule has 4 rings (SSSR count). The lowest BCUT2D eigenvalue weighted by atomic mass is 10.1. The van der Waals surface area contributed by atoms with Crippen LogP contribution in [0.4, 0.5) is 5.69 Å². The van der Waals surface area contributed by atoms with E-state index in [0.717, 1.165) is 39.1 Å². The molecular formula is C25H32N6O3. The number of piperazine rings is 1. The maximum Gasteiger partial charge on any atom is 0.260 e. The molecule has 34 heavy (non-hydrogen) atoms. The molecule has 1 aliphatic heterocycles. The number of carbonyl (C=O) groups is 2. The second-order valence-corrected chi connectivity index (χ2v) is 8.97. The number of benzene rings is 1. The van der Waals surface area contributed by atoms with E-state index in [1.54, 1.807) is 9.58 Å². The van der Waals surface area contributed by atoms with Gasteiger partial charge < -0.3 is 15.0 Å². The van der Waals surface area contributed by atoms with Crippen LogP contribution in [0.15, 0.2) is 24.3 Å². The number of carbonyl (C=O) groups excluding carboxylic acids is 2. The highest BCUT2D eigenvalue weighted by molar-refractivity contribution is 5.93. The van der Waals surface area contributed by atoms with Gasteiger partial charge in [0.25, 0.3) is 5.91 Å². The van der Waals surface area contributed by atoms with Crippen molar-refractivity contribution in [1.82, 2.24) is 24.6 Å². The fourth-order valence-electron chi connectivity index (χ4n) is 4.42. The smallest absolute Gasteiger partial charge is 0.260 e. The zero-order valence-corrected chi connectivity index (χ0v) is 20.5. The number of fused-ring (bicyclic) bond motifs is 1. The predicted octanol–water partition coefficient (Wildman–Crippen LogP) is 2.36. The summed E-state index contributed by atoms with van der Waals surface area (Å²) in [4.78, 5) is 33.7. The number of hydrogen-bond donors (Lipinski definition) is 1. The second kappa shape index (κ2) is 9.80. The molecule has 3 aromatic rings. The monoisotopic (exact) mass is 464 g/mol. The van der Waals surface area contributed by atoms with Crippen molar-refractivity contribution < 1.29 is 14.3 Å². The van der Waals surface area contributed by atoms with Crippen molar-refractivity contribution >= 4 is 28.5 Å². The molecule has 2 amide bonds. The van der Waals surface area contributed by atoms with Gasteiger partial charge in [0.1, 0.15) is 0 Å². The molecule has 0 radical (unpaired) electrons. The number of nitrogens with one attached hydrogen (secondary N) is 1. The third kappa shape index (κ3) is 5.04. The topological polar surface area (TPSA) is 92.6 Å². The molecule has 0 atom stereocenters. The molecule has 0 spiro atoms. The lowest BCUT2D eigenvalue weighted by Crippen LogP contribution is -2.51. The molecule has 1 aliphatic rings. The van der Waals surface area contributed by atoms with E-state index in [2.05, 4.69) is 20.3 Å². The number of nitrogens with zero attached hydrogens (tertiary/aromatic N) is 5. The van der Waals surface area contributed by atoms with E-state index < -0.39 is 0 Å². The number of ether oxygens (including phenoxy) is 1. The minimum absolute atomic E-state index is 0.0400. The van der Waals surface area contributed by atoms with Crippen molar-refractivity contribution in [1.29, 1.82) is 0 Å². The largest absolute Gasteiger partial charge is 0.466 e. The summed E-state index contributed by atoms with van der Waals surface area (Å²) >= 11 is 0. The highest BCUT2D eigenvalue weighted by atomic mass is 16.5. The van der Waals surface area contributed by atoms with Crippen LogP contribution < -0.4 is 10.1 Å². The molecule has 0 bridgehead atoms. The normalized spacial score (nSPS) is 14.4. The number of aromatic nitrogens is 3. The zero-order chi connectivity index (χ0) is 24.4. The molecule has 9 nitrogen and oxygen atoms in total. The molecule has 180 valence electrons. The van der Waals surface area contributed by atoms with E-state index >= 15 is 0 Å². The van der Waals surface area contributed by atoms with Crippen LogP contribution in [-0.4, -0.2) is 75.7 Å². The maximum atomic E-state index is 12.8. The van der Waals surface area contributed by atoms with E-state index in [4.69, 9.17) is 4.74 Å². The van der Waals surface area contributed by atoms with Crippen molar-refractivity contribution in [2.45, 2.75) is 27.7 Å². The summed E-state index contributed by atoms with van der Waals surface area (Å²) in [6.45, 7) is 10.5. The van der Waals surface area contributed by atoms with Gasteiger partial charge in [0.05, 0.1) is 11.9 Å². The van der Waals surface area contributed by atoms with Gasteiger partial charge in [-0.25, -0.2) is 9.67 Å². The maximum absolute atomic E-state index is 12.8. The van der Waals surface area contributed by atoms with Gasteiger partial charge in [-0.15, -0.1) is 5.10 Å². The van der Waals surface area contributed by atoms with Crippen molar-refractivity contribution in [3.05, 3.63) is 46.6 Å². The Morgan fingerprint density at radius 3 is 2.38 bits per heavy atom. The van der Waals surface area contributed by atoms with Gasteiger partial charge in [-0.2, -0.15) is 0 Å². The number of pyridine rings is 1. The van der Waals surface area contributed by atoms with Crippen molar-refractivity contribution in [2.24, 2.45) is 7.05 Å². The Bertz CT molecular complexity index is 1210. The van der Waals surface area contributed by atoms with E-state index in [-0.39, 0.29) is 18.4 Å². The molecule has 1 N–H and O–H groups in total. The fraction of sp³-hybridized carbons (Fsp3) is 0.440. The first kappa shape index (κ1) is 23.7. The van der Waals surface area contributed by atoms with E-state index in [9.17, 15) is 9.59 Å². The van der Waals surface area contributed by atoms with Crippen LogP contribution in [0.1, 0.15) is 22.4 Å². The number of anilines is 1. The molecule has 0 saturated carbocycles. The number of para-hydroxylation sites is 1. The van der Waals surface area contributed by atoms with Gasteiger partial charge in [-0.1, -0.05) is 18.2 Å². The van der Waals surface area contributed by atoms with Crippen LogP contribution in [0.3, 0.4) is 0 Å². The number of amides is 2. The third-order valence-electron chi connectivity index (χ3n) is 6.26. The van der Waals surface area contributed by atoms with Crippen molar-refractivity contribution in [3.63, 3.8) is 0 Å². The molecule has 3 heterocycles. The van der Waals surface area contributed by atoms with Crippen molar-refractivity contribution in [2.75, 3.05) is 44.6 Å². The van der Waals surface area contributed by atoms with E-state index in [0.29, 0.717) is 38.6 Å². The standard InChI is InChI=1S/C25H32N6O3/c1-16-7-6-8-17(2)23(16)27-20(32)14-30-9-11-31(12-10-30)21(33)15-34-25-22-18(3)13-19(4)26-24(22)29(5)28-25/h6-8,13H,9-12,14-15H2,1-5H3,(H,27,32). The Labute approximate surface area is 199 Å². The van der Waals surface area contributed by atoms with Crippen LogP contribution in [0, 0.1) is 27.7 Å². The molecule has 2 aromatic heterocycles. The first-order valence-electron chi connectivity index (χ1n) is 11.5. The molecule has 9 heteroatoms. The fourth-order valence-corrected chi connectivity index (χ4v) is 4.42. The van der Waals surface area contributed by atoms with Crippen LogP contribution in [0.5, 0.6) is 5.88 Å². The average molecular weight is 465 g/mol. The zero-order valence-electron chi connectivity index (χ0n) is 20.5. The molecule has 0 unspecified atom stereocenters. The summed E-state index contributed by atoms with van der Waals surface area (Å²) in [5, 5.41) is 8.27. The summed E-state index contributed by atoms with van der Waals surface area (Å²) in [5.41, 5.74) is 5.65. The Balaban J connectivity index is 1.28. The predicted molar refractivity (Wildman–Crippen MR) is 131 cm³/mol. The SMILES string of the molecule is Cc1cc(C)c2c(OCC(=O)N3CCN(CC(=O)Nc4c(C)cccc4C)CC3)nn(C)c2n1. The average Bonchev–Trinajstić information content (AvgIpc) is 3.11. The second-order valence-electron chi connectivity index (χ2n) is 8.97. The third-order valence-corrected chi connectivity index (χ3v) is 6.26. The minimum Gasteiger partial charge on any atom is -0.466 e. The highest BCUT2D eigenvalue weighted by Gasteiger charge is 2.24. The van der Waals surface area contributed by atoms with E-state index in [1.165, 1.54) is 0 Å². The van der Waals surface area contributed by atoms with Gasteiger partial charge >= 0.3 is 0 Å². The Morgan fingerprint density at radius 1 is 1.03 bits per heavy atom. The lowest BCUT2D eigenvalue weighted by Gasteiger charge is -2.34. The van der Waals surface area contributed by atoms with Gasteiger partial charge in [0.15, 0.2) is 12.3 Å². The van der Waals surface area contributed by atoms with Crippen LogP contribution >= 0.6 is 0 Å². The van der Waals surface area contributed by atoms with Gasteiger partial charge in [-0.3, -0.25) is 14.5 Å². The summed E-state index contributed by atoms with van der Waals surface area (Å²) in [6, 6.07) is 7.94. The number of rotatable bonds is 6. The first-order chi connectivity index (χ1) is 16.2. The highest BCUT2D eigenvalue weighted by Crippen LogP contribution is 2.27. The number of aryl methyl sites for hydroxylation is 5.